The van der Waals surface area contributed by atoms with E-state index in [0.29, 0.717) is 11.5 Å². The van der Waals surface area contributed by atoms with E-state index in [4.69, 9.17) is 14.7 Å². The van der Waals surface area contributed by atoms with Crippen molar-refractivity contribution in [3.05, 3.63) is 47.9 Å². The zero-order chi connectivity index (χ0) is 23.4. The summed E-state index contributed by atoms with van der Waals surface area (Å²) in [6.07, 6.45) is -3.89. The van der Waals surface area contributed by atoms with Crippen LogP contribution in [0.2, 0.25) is 0 Å². The SMILES string of the molecule is N#CCCOC1N=C(NC(=O)Cc2ccccc2)Nc2c1ncn2[C@@H]1O[C@H](CO)[C@@H](O)[C@H]1O. The number of fused-ring (bicyclic) bond motifs is 1. The third-order valence-corrected chi connectivity index (χ3v) is 5.29. The monoisotopic (exact) mass is 456 g/mol. The minimum Gasteiger partial charge on any atom is -0.394 e. The number of nitriles is 1. The summed E-state index contributed by atoms with van der Waals surface area (Å²) >= 11 is 0. The number of anilines is 1. The molecule has 5 N–H and O–H groups in total. The Labute approximate surface area is 189 Å². The Bertz CT molecular complexity index is 1050. The number of benzene rings is 1. The number of aliphatic hydroxyl groups excluding tert-OH is 3. The van der Waals surface area contributed by atoms with Crippen LogP contribution in [0.1, 0.15) is 30.1 Å². The second-order valence-electron chi connectivity index (χ2n) is 7.56. The lowest BCUT2D eigenvalue weighted by molar-refractivity contribution is -0.119. The third-order valence-electron chi connectivity index (χ3n) is 5.29. The van der Waals surface area contributed by atoms with Crippen LogP contribution in [0, 0.1) is 11.3 Å². The Hall–Kier alpha value is -3.34. The second kappa shape index (κ2) is 10.1. The molecule has 12 heteroatoms. The van der Waals surface area contributed by atoms with Crippen LogP contribution in [0.5, 0.6) is 0 Å². The van der Waals surface area contributed by atoms with E-state index < -0.39 is 37.4 Å². The molecule has 3 heterocycles. The molecular formula is C21H24N6O6. The summed E-state index contributed by atoms with van der Waals surface area (Å²) in [4.78, 5) is 21.2. The number of nitrogens with one attached hydrogen (secondary N) is 2. The van der Waals surface area contributed by atoms with Gasteiger partial charge in [-0.15, -0.1) is 0 Å². The number of hydrogen-bond acceptors (Lipinski definition) is 10. The number of rotatable bonds is 7. The van der Waals surface area contributed by atoms with Crippen molar-refractivity contribution < 1.29 is 29.6 Å². The van der Waals surface area contributed by atoms with Crippen LogP contribution in [0.25, 0.3) is 0 Å². The number of guanidine groups is 1. The van der Waals surface area contributed by atoms with E-state index in [1.165, 1.54) is 10.9 Å². The van der Waals surface area contributed by atoms with E-state index in [9.17, 15) is 20.1 Å². The van der Waals surface area contributed by atoms with Gasteiger partial charge in [0, 0.05) is 0 Å². The number of imidazole rings is 1. The highest BCUT2D eigenvalue weighted by Crippen LogP contribution is 2.36. The molecule has 1 fully saturated rings. The third kappa shape index (κ3) is 4.87. The van der Waals surface area contributed by atoms with Gasteiger partial charge in [-0.1, -0.05) is 30.3 Å². The molecule has 0 saturated carbocycles. The maximum Gasteiger partial charge on any atom is 0.231 e. The molecule has 2 aliphatic heterocycles. The molecule has 174 valence electrons. The number of ether oxygens (including phenoxy) is 2. The molecule has 1 saturated heterocycles. The van der Waals surface area contributed by atoms with E-state index in [-0.39, 0.29) is 31.3 Å². The molecule has 2 aliphatic rings. The molecule has 4 rings (SSSR count). The number of aliphatic imine (C=N–C) groups is 1. The smallest absolute Gasteiger partial charge is 0.231 e. The van der Waals surface area contributed by atoms with Crippen molar-refractivity contribution in [2.45, 2.75) is 43.6 Å². The highest BCUT2D eigenvalue weighted by molar-refractivity contribution is 6.05. The molecule has 5 atom stereocenters. The summed E-state index contributed by atoms with van der Waals surface area (Å²) in [6.45, 7) is -0.378. The number of hydrogen-bond donors (Lipinski definition) is 5. The Morgan fingerprint density at radius 3 is 2.79 bits per heavy atom. The molecule has 0 bridgehead atoms. The van der Waals surface area contributed by atoms with Crippen LogP contribution in [-0.4, -0.2) is 68.3 Å². The lowest BCUT2D eigenvalue weighted by atomic mass is 10.1. The number of carbonyl (C=O) groups excluding carboxylic acids is 1. The summed E-state index contributed by atoms with van der Waals surface area (Å²) in [5.74, 6) is 0.112. The topological polar surface area (TPSA) is 174 Å². The van der Waals surface area contributed by atoms with Gasteiger partial charge in [-0.25, -0.2) is 9.98 Å². The van der Waals surface area contributed by atoms with Crippen LogP contribution >= 0.6 is 0 Å². The molecule has 0 radical (unpaired) electrons. The van der Waals surface area contributed by atoms with Gasteiger partial charge >= 0.3 is 0 Å². The first-order valence-electron chi connectivity index (χ1n) is 10.4. The van der Waals surface area contributed by atoms with E-state index in [0.717, 1.165) is 5.56 Å². The van der Waals surface area contributed by atoms with Gasteiger partial charge in [0.15, 0.2) is 12.5 Å². The Kier molecular flexibility index (Phi) is 6.97. The molecule has 1 aromatic heterocycles. The zero-order valence-corrected chi connectivity index (χ0v) is 17.5. The number of carbonyl (C=O) groups is 1. The second-order valence-corrected chi connectivity index (χ2v) is 7.56. The van der Waals surface area contributed by atoms with Gasteiger partial charge in [-0.3, -0.25) is 14.7 Å². The summed E-state index contributed by atoms with van der Waals surface area (Å²) < 4.78 is 12.7. The van der Waals surface area contributed by atoms with Crippen molar-refractivity contribution in [3.63, 3.8) is 0 Å². The fourth-order valence-electron chi connectivity index (χ4n) is 3.66. The van der Waals surface area contributed by atoms with Crippen LogP contribution in [0.4, 0.5) is 5.82 Å². The minimum atomic E-state index is -1.32. The molecule has 2 aromatic rings. The van der Waals surface area contributed by atoms with Crippen molar-refractivity contribution in [3.8, 4) is 6.07 Å². The van der Waals surface area contributed by atoms with Gasteiger partial charge in [-0.05, 0) is 5.56 Å². The fourth-order valence-corrected chi connectivity index (χ4v) is 3.66. The van der Waals surface area contributed by atoms with Crippen molar-refractivity contribution in [1.29, 1.82) is 5.26 Å². The van der Waals surface area contributed by atoms with Crippen molar-refractivity contribution >= 4 is 17.7 Å². The number of nitrogens with zero attached hydrogens (tertiary/aromatic N) is 4. The molecule has 1 unspecified atom stereocenters. The first kappa shape index (κ1) is 22.8. The zero-order valence-electron chi connectivity index (χ0n) is 17.5. The van der Waals surface area contributed by atoms with Crippen molar-refractivity contribution in [2.24, 2.45) is 4.99 Å². The van der Waals surface area contributed by atoms with Crippen molar-refractivity contribution in [1.82, 2.24) is 14.9 Å². The molecule has 0 aliphatic carbocycles. The number of aliphatic hydroxyl groups is 3. The van der Waals surface area contributed by atoms with E-state index >= 15 is 0 Å². The molecule has 0 spiro atoms. The van der Waals surface area contributed by atoms with Crippen LogP contribution in [0.15, 0.2) is 41.7 Å². The van der Waals surface area contributed by atoms with Gasteiger partial charge in [0.2, 0.25) is 11.9 Å². The fraction of sp³-hybridized carbons (Fsp3) is 0.429. The predicted octanol–water partition coefficient (Wildman–Crippen LogP) is -0.436. The van der Waals surface area contributed by atoms with Crippen LogP contribution in [-0.2, 0) is 20.7 Å². The van der Waals surface area contributed by atoms with E-state index in [1.807, 2.05) is 36.4 Å². The largest absolute Gasteiger partial charge is 0.394 e. The Morgan fingerprint density at radius 1 is 1.30 bits per heavy atom. The molecular weight excluding hydrogens is 432 g/mol. The standard InChI is InChI=1S/C21H24N6O6/c22-7-4-8-32-19-15-18(27(11-23-15)20-17(31)16(30)13(10-28)33-20)25-21(26-19)24-14(29)9-12-5-2-1-3-6-12/h1-3,5-6,11,13,16-17,19-20,28,30-31H,4,8-10H2,(H2,24,25,26,29)/t13-,16-,17-,19?,20-/m1/s1. The summed E-state index contributed by atoms with van der Waals surface area (Å²) in [5, 5.41) is 44.4. The molecule has 1 aromatic carbocycles. The summed E-state index contributed by atoms with van der Waals surface area (Å²) in [6, 6.07) is 11.2. The number of aromatic nitrogens is 2. The Balaban J connectivity index is 1.56. The molecule has 1 amide bonds. The van der Waals surface area contributed by atoms with Gasteiger partial charge < -0.3 is 30.1 Å². The first-order valence-corrected chi connectivity index (χ1v) is 10.4. The number of amides is 1. The lowest BCUT2D eigenvalue weighted by Gasteiger charge is -2.25. The maximum absolute atomic E-state index is 12.6. The van der Waals surface area contributed by atoms with Gasteiger partial charge in [-0.2, -0.15) is 5.26 Å². The van der Waals surface area contributed by atoms with Crippen LogP contribution in [0.3, 0.4) is 0 Å². The van der Waals surface area contributed by atoms with Gasteiger partial charge in [0.05, 0.1) is 38.5 Å². The van der Waals surface area contributed by atoms with E-state index in [1.54, 1.807) is 0 Å². The average Bonchev–Trinajstić information content (AvgIpc) is 3.35. The Morgan fingerprint density at radius 2 is 2.09 bits per heavy atom. The quantitative estimate of drug-likeness (QED) is 0.346. The van der Waals surface area contributed by atoms with Crippen molar-refractivity contribution in [2.75, 3.05) is 18.5 Å². The minimum absolute atomic E-state index is 0.0933. The highest BCUT2D eigenvalue weighted by atomic mass is 16.6. The molecule has 12 nitrogen and oxygen atoms in total. The van der Waals surface area contributed by atoms with Gasteiger partial charge in [0.1, 0.15) is 29.8 Å². The molecule has 33 heavy (non-hydrogen) atoms. The predicted molar refractivity (Wildman–Crippen MR) is 114 cm³/mol. The maximum atomic E-state index is 12.6. The van der Waals surface area contributed by atoms with Crippen LogP contribution < -0.4 is 10.6 Å². The lowest BCUT2D eigenvalue weighted by Crippen LogP contribution is -2.40. The highest BCUT2D eigenvalue weighted by Gasteiger charge is 2.45. The summed E-state index contributed by atoms with van der Waals surface area (Å²) in [5.41, 5.74) is 1.18. The normalized spacial score (nSPS) is 26.1. The first-order chi connectivity index (χ1) is 16.0. The average molecular weight is 456 g/mol. The van der Waals surface area contributed by atoms with E-state index in [2.05, 4.69) is 20.6 Å². The summed E-state index contributed by atoms with van der Waals surface area (Å²) in [7, 11) is 0. The van der Waals surface area contributed by atoms with Gasteiger partial charge in [0.25, 0.3) is 0 Å².